The van der Waals surface area contributed by atoms with Crippen LogP contribution in [0.1, 0.15) is 11.1 Å². The van der Waals surface area contributed by atoms with Gasteiger partial charge in [0.1, 0.15) is 0 Å². The number of halogens is 1. The van der Waals surface area contributed by atoms with Crippen LogP contribution in [0.5, 0.6) is 0 Å². The van der Waals surface area contributed by atoms with Gasteiger partial charge in [-0.05, 0) is 30.2 Å². The van der Waals surface area contributed by atoms with Crippen molar-refractivity contribution in [3.63, 3.8) is 0 Å². The van der Waals surface area contributed by atoms with Crippen molar-refractivity contribution in [3.8, 4) is 0 Å². The number of nitrogens with zero attached hydrogens (tertiary/aromatic N) is 1. The Morgan fingerprint density at radius 2 is 2.05 bits per heavy atom. The van der Waals surface area contributed by atoms with Crippen LogP contribution in [0.2, 0.25) is 5.15 Å². The van der Waals surface area contributed by atoms with E-state index in [2.05, 4.69) is 9.71 Å². The molecule has 2 aromatic rings. The molecule has 0 bridgehead atoms. The van der Waals surface area contributed by atoms with E-state index < -0.39 is 10.0 Å². The average Bonchev–Trinajstić information content (AvgIpc) is 2.36. The molecular weight excluding hydrogens is 298 g/mol. The molecule has 1 aromatic carbocycles. The quantitative estimate of drug-likeness (QED) is 0.671. The van der Waals surface area contributed by atoms with Gasteiger partial charge in [0.2, 0.25) is 10.0 Å². The number of sulfonamides is 1. The number of hydrogen-bond acceptors (Lipinski definition) is 4. The van der Waals surface area contributed by atoms with E-state index in [1.807, 2.05) is 0 Å². The van der Waals surface area contributed by atoms with Crippen LogP contribution in [0, 0.1) is 6.92 Å². The molecule has 0 atom stereocenters. The molecule has 0 saturated carbocycles. The molecule has 0 unspecified atom stereocenters. The van der Waals surface area contributed by atoms with E-state index in [4.69, 9.17) is 17.3 Å². The van der Waals surface area contributed by atoms with Gasteiger partial charge in [-0.3, -0.25) is 4.72 Å². The number of anilines is 2. The zero-order chi connectivity index (χ0) is 14.8. The molecule has 7 heteroatoms. The third-order valence-electron chi connectivity index (χ3n) is 2.64. The summed E-state index contributed by atoms with van der Waals surface area (Å²) >= 11 is 5.87. The first kappa shape index (κ1) is 14.6. The molecule has 1 heterocycles. The molecule has 0 saturated heterocycles. The predicted octanol–water partition coefficient (Wildman–Crippen LogP) is 2.57. The second kappa shape index (κ2) is 5.68. The van der Waals surface area contributed by atoms with Crippen molar-refractivity contribution in [2.45, 2.75) is 12.7 Å². The fourth-order valence-corrected chi connectivity index (χ4v) is 3.14. The van der Waals surface area contributed by atoms with Gasteiger partial charge in [-0.25, -0.2) is 13.4 Å². The number of hydrogen-bond donors (Lipinski definition) is 2. The van der Waals surface area contributed by atoms with Crippen LogP contribution in [0.4, 0.5) is 11.4 Å². The standard InChI is InChI=1S/C13H14ClN3O2S/c1-9-6-12(13(14)16-7-9)17-20(18,19)8-10-4-2-3-5-11(10)15/h2-7,17H,8,15H2,1H3. The summed E-state index contributed by atoms with van der Waals surface area (Å²) in [5.41, 5.74) is 7.80. The van der Waals surface area contributed by atoms with Crippen molar-refractivity contribution >= 4 is 33.0 Å². The molecule has 0 spiro atoms. The molecule has 0 amide bonds. The number of benzene rings is 1. The number of nitrogen functional groups attached to an aromatic ring is 1. The Kier molecular flexibility index (Phi) is 4.15. The van der Waals surface area contributed by atoms with Crippen molar-refractivity contribution in [2.24, 2.45) is 0 Å². The van der Waals surface area contributed by atoms with Crippen LogP contribution >= 0.6 is 11.6 Å². The average molecular weight is 312 g/mol. The lowest BCUT2D eigenvalue weighted by Crippen LogP contribution is -2.16. The van der Waals surface area contributed by atoms with E-state index in [1.54, 1.807) is 43.5 Å². The number of aromatic nitrogens is 1. The summed E-state index contributed by atoms with van der Waals surface area (Å²) in [7, 11) is -3.60. The number of nitrogens with one attached hydrogen (secondary N) is 1. The SMILES string of the molecule is Cc1cnc(Cl)c(NS(=O)(=O)Cc2ccccc2N)c1. The minimum absolute atomic E-state index is 0.111. The molecule has 106 valence electrons. The summed E-state index contributed by atoms with van der Waals surface area (Å²) < 4.78 is 26.7. The number of aryl methyl sites for hydroxylation is 1. The van der Waals surface area contributed by atoms with Crippen LogP contribution in [0.15, 0.2) is 36.5 Å². The van der Waals surface area contributed by atoms with Gasteiger partial charge in [0, 0.05) is 11.9 Å². The van der Waals surface area contributed by atoms with Crippen LogP contribution in [0.3, 0.4) is 0 Å². The number of nitrogens with two attached hydrogens (primary N) is 1. The Hall–Kier alpha value is -1.79. The summed E-state index contributed by atoms with van der Waals surface area (Å²) in [6.07, 6.45) is 1.56. The van der Waals surface area contributed by atoms with E-state index in [1.165, 1.54) is 0 Å². The Morgan fingerprint density at radius 3 is 2.75 bits per heavy atom. The first-order chi connectivity index (χ1) is 9.37. The molecule has 0 aliphatic carbocycles. The highest BCUT2D eigenvalue weighted by Crippen LogP contribution is 2.23. The highest BCUT2D eigenvalue weighted by atomic mass is 35.5. The lowest BCUT2D eigenvalue weighted by molar-refractivity contribution is 0.600. The highest BCUT2D eigenvalue weighted by Gasteiger charge is 2.15. The fourth-order valence-electron chi connectivity index (χ4n) is 1.70. The maximum Gasteiger partial charge on any atom is 0.237 e. The highest BCUT2D eigenvalue weighted by molar-refractivity contribution is 7.91. The summed E-state index contributed by atoms with van der Waals surface area (Å²) in [4.78, 5) is 3.90. The van der Waals surface area contributed by atoms with Crippen LogP contribution < -0.4 is 10.5 Å². The third kappa shape index (κ3) is 3.61. The maximum absolute atomic E-state index is 12.1. The number of pyridine rings is 1. The lowest BCUT2D eigenvalue weighted by Gasteiger charge is -2.11. The Morgan fingerprint density at radius 1 is 1.35 bits per heavy atom. The smallest absolute Gasteiger partial charge is 0.237 e. The first-order valence-corrected chi connectivity index (χ1v) is 7.86. The molecule has 20 heavy (non-hydrogen) atoms. The summed E-state index contributed by atoms with van der Waals surface area (Å²) in [6.45, 7) is 1.80. The third-order valence-corrected chi connectivity index (χ3v) is 4.17. The van der Waals surface area contributed by atoms with Gasteiger partial charge in [-0.15, -0.1) is 0 Å². The van der Waals surface area contributed by atoms with Crippen LogP contribution in [-0.4, -0.2) is 13.4 Å². The Balaban J connectivity index is 2.24. The van der Waals surface area contributed by atoms with Gasteiger partial charge < -0.3 is 5.73 Å². The normalized spacial score (nSPS) is 11.3. The summed E-state index contributed by atoms with van der Waals surface area (Å²) in [6, 6.07) is 8.45. The zero-order valence-electron chi connectivity index (χ0n) is 10.8. The monoisotopic (exact) mass is 311 g/mol. The van der Waals surface area contributed by atoms with Gasteiger partial charge >= 0.3 is 0 Å². The summed E-state index contributed by atoms with van der Waals surface area (Å²) in [5, 5.41) is 0.111. The molecule has 3 N–H and O–H groups in total. The molecule has 0 aliphatic rings. The van der Waals surface area contributed by atoms with E-state index in [0.717, 1.165) is 5.56 Å². The second-order valence-corrected chi connectivity index (χ2v) is 6.49. The van der Waals surface area contributed by atoms with Crippen LogP contribution in [0.25, 0.3) is 0 Å². The number of rotatable bonds is 4. The van der Waals surface area contributed by atoms with E-state index in [-0.39, 0.29) is 16.6 Å². The van der Waals surface area contributed by atoms with Crippen molar-refractivity contribution in [1.82, 2.24) is 4.98 Å². The van der Waals surface area contributed by atoms with E-state index >= 15 is 0 Å². The van der Waals surface area contributed by atoms with Crippen molar-refractivity contribution < 1.29 is 8.42 Å². The van der Waals surface area contributed by atoms with Gasteiger partial charge in [0.15, 0.2) is 5.15 Å². The maximum atomic E-state index is 12.1. The zero-order valence-corrected chi connectivity index (χ0v) is 12.4. The van der Waals surface area contributed by atoms with Gasteiger partial charge in [0.05, 0.1) is 11.4 Å². The minimum Gasteiger partial charge on any atom is -0.398 e. The first-order valence-electron chi connectivity index (χ1n) is 5.83. The number of para-hydroxylation sites is 1. The second-order valence-electron chi connectivity index (χ2n) is 4.41. The van der Waals surface area contributed by atoms with Gasteiger partial charge in [0.25, 0.3) is 0 Å². The molecule has 0 radical (unpaired) electrons. The topological polar surface area (TPSA) is 85.1 Å². The Bertz CT molecular complexity index is 732. The molecule has 1 aromatic heterocycles. The van der Waals surface area contributed by atoms with Crippen molar-refractivity contribution in [3.05, 3.63) is 52.8 Å². The fraction of sp³-hybridized carbons (Fsp3) is 0.154. The molecular formula is C13H14ClN3O2S. The molecule has 0 fully saturated rings. The predicted molar refractivity (Wildman–Crippen MR) is 81.1 cm³/mol. The van der Waals surface area contributed by atoms with Crippen LogP contribution in [-0.2, 0) is 15.8 Å². The minimum atomic E-state index is -3.60. The Labute approximate surface area is 122 Å². The van der Waals surface area contributed by atoms with Gasteiger partial charge in [-0.2, -0.15) is 0 Å². The summed E-state index contributed by atoms with van der Waals surface area (Å²) in [5.74, 6) is -0.218. The van der Waals surface area contributed by atoms with Gasteiger partial charge in [-0.1, -0.05) is 29.8 Å². The lowest BCUT2D eigenvalue weighted by atomic mass is 10.2. The molecule has 0 aliphatic heterocycles. The molecule has 2 rings (SSSR count). The van der Waals surface area contributed by atoms with Crippen molar-refractivity contribution in [2.75, 3.05) is 10.5 Å². The van der Waals surface area contributed by atoms with E-state index in [0.29, 0.717) is 11.3 Å². The molecule has 5 nitrogen and oxygen atoms in total. The largest absolute Gasteiger partial charge is 0.398 e. The van der Waals surface area contributed by atoms with Crippen molar-refractivity contribution in [1.29, 1.82) is 0 Å². The van der Waals surface area contributed by atoms with E-state index in [9.17, 15) is 8.42 Å².